The lowest BCUT2D eigenvalue weighted by Crippen LogP contribution is -2.43. The number of amides is 2. The van der Waals surface area contributed by atoms with E-state index in [1.54, 1.807) is 0 Å². The number of carbonyl (C=O) groups is 2. The lowest BCUT2D eigenvalue weighted by atomic mass is 9.85. The van der Waals surface area contributed by atoms with Crippen molar-refractivity contribution in [1.29, 1.82) is 0 Å². The normalized spacial score (nSPS) is 26.7. The first kappa shape index (κ1) is 23.1. The van der Waals surface area contributed by atoms with E-state index in [4.69, 9.17) is 11.6 Å². The molecular formula is C22H28ClIN4O2. The zero-order valence-electron chi connectivity index (χ0n) is 17.0. The molecule has 2 aliphatic carbocycles. The Labute approximate surface area is 199 Å². The van der Waals surface area contributed by atoms with Crippen LogP contribution >= 0.6 is 35.6 Å². The number of hydrogen-bond donors (Lipinski definition) is 2. The fourth-order valence-corrected chi connectivity index (χ4v) is 5.01. The molecule has 2 bridgehead atoms. The number of benzene rings is 1. The van der Waals surface area contributed by atoms with Crippen molar-refractivity contribution < 1.29 is 9.59 Å². The summed E-state index contributed by atoms with van der Waals surface area (Å²) in [6, 6.07) is 7.77. The fraction of sp³-hybridized carbons (Fsp3) is 0.500. The van der Waals surface area contributed by atoms with Gasteiger partial charge in [-0.15, -0.1) is 24.0 Å². The second kappa shape index (κ2) is 10.1. The Morgan fingerprint density at radius 2 is 1.87 bits per heavy atom. The van der Waals surface area contributed by atoms with Crippen molar-refractivity contribution in [2.24, 2.45) is 28.7 Å². The number of hydrogen-bond acceptors (Lipinski definition) is 3. The van der Waals surface area contributed by atoms with Crippen LogP contribution < -0.4 is 10.6 Å². The molecule has 4 unspecified atom stereocenters. The van der Waals surface area contributed by atoms with Gasteiger partial charge in [0.25, 0.3) is 0 Å². The van der Waals surface area contributed by atoms with Crippen LogP contribution in [0.15, 0.2) is 41.4 Å². The highest BCUT2D eigenvalue weighted by Crippen LogP contribution is 2.52. The van der Waals surface area contributed by atoms with Crippen molar-refractivity contribution in [2.45, 2.75) is 19.8 Å². The van der Waals surface area contributed by atoms with Crippen LogP contribution in [-0.2, 0) is 16.0 Å². The third kappa shape index (κ3) is 4.66. The van der Waals surface area contributed by atoms with E-state index in [0.29, 0.717) is 25.6 Å². The average molecular weight is 543 g/mol. The third-order valence-corrected chi connectivity index (χ3v) is 6.33. The van der Waals surface area contributed by atoms with Crippen LogP contribution in [0.4, 0.5) is 0 Å². The van der Waals surface area contributed by atoms with Crippen molar-refractivity contribution in [3.63, 3.8) is 0 Å². The van der Waals surface area contributed by atoms with E-state index in [1.165, 1.54) is 4.90 Å². The minimum absolute atomic E-state index is 0. The highest BCUT2D eigenvalue weighted by Gasteiger charge is 2.58. The molecular weight excluding hydrogens is 515 g/mol. The summed E-state index contributed by atoms with van der Waals surface area (Å²) in [6.07, 6.45) is 5.99. The summed E-state index contributed by atoms with van der Waals surface area (Å²) in [7, 11) is 0. The summed E-state index contributed by atoms with van der Waals surface area (Å²) in [5, 5.41) is 7.17. The Kier molecular flexibility index (Phi) is 7.79. The number of allylic oxidation sites excluding steroid dienone is 2. The molecule has 1 aromatic carbocycles. The topological polar surface area (TPSA) is 73.8 Å². The van der Waals surface area contributed by atoms with Gasteiger partial charge in [0, 0.05) is 31.2 Å². The van der Waals surface area contributed by atoms with Gasteiger partial charge in [0.2, 0.25) is 11.8 Å². The first-order valence-electron chi connectivity index (χ1n) is 10.4. The minimum Gasteiger partial charge on any atom is -0.357 e. The molecule has 162 valence electrons. The third-order valence-electron chi connectivity index (χ3n) is 6.09. The van der Waals surface area contributed by atoms with Crippen LogP contribution in [-0.4, -0.2) is 48.9 Å². The number of likely N-dealkylation sites (tertiary alicyclic amines) is 1. The standard InChI is InChI=1S/C22H27ClN4O2.HI/c1-2-24-22(25-9-8-14-4-3-5-17(23)12-14)26-10-11-27-20(28)18-15-6-7-16(13-15)19(18)21(27)29;/h3-7,12,15-16,18-19H,2,8-11,13H2,1H3,(H2,24,25,26);1H. The zero-order valence-corrected chi connectivity index (χ0v) is 20.1. The SMILES string of the molecule is CCNC(=NCCc1cccc(Cl)c1)NCCN1C(=O)C2C3C=CC(C3)C2C1=O.I. The largest absolute Gasteiger partial charge is 0.357 e. The maximum atomic E-state index is 12.7. The number of nitrogens with one attached hydrogen (secondary N) is 2. The molecule has 1 saturated heterocycles. The molecule has 1 aromatic rings. The Morgan fingerprint density at radius 3 is 2.50 bits per heavy atom. The molecule has 30 heavy (non-hydrogen) atoms. The zero-order chi connectivity index (χ0) is 20.4. The summed E-state index contributed by atoms with van der Waals surface area (Å²) >= 11 is 6.02. The van der Waals surface area contributed by atoms with Crippen LogP contribution in [0.1, 0.15) is 18.9 Å². The van der Waals surface area contributed by atoms with Crippen molar-refractivity contribution in [3.8, 4) is 0 Å². The van der Waals surface area contributed by atoms with Gasteiger partial charge < -0.3 is 10.6 Å². The van der Waals surface area contributed by atoms with Crippen molar-refractivity contribution in [1.82, 2.24) is 15.5 Å². The van der Waals surface area contributed by atoms with Gasteiger partial charge in [-0.2, -0.15) is 0 Å². The predicted octanol–water partition coefficient (Wildman–Crippen LogP) is 2.86. The number of halogens is 2. The Balaban J connectivity index is 0.00000256. The van der Waals surface area contributed by atoms with Gasteiger partial charge in [0.1, 0.15) is 0 Å². The first-order valence-corrected chi connectivity index (χ1v) is 10.8. The summed E-state index contributed by atoms with van der Waals surface area (Å²) < 4.78 is 0. The highest BCUT2D eigenvalue weighted by molar-refractivity contribution is 14.0. The predicted molar refractivity (Wildman–Crippen MR) is 129 cm³/mol. The minimum atomic E-state index is -0.128. The van der Waals surface area contributed by atoms with Gasteiger partial charge in [-0.3, -0.25) is 19.5 Å². The molecule has 2 fully saturated rings. The average Bonchev–Trinajstić information content (AvgIpc) is 3.37. The Bertz CT molecular complexity index is 829. The summed E-state index contributed by atoms with van der Waals surface area (Å²) in [5.41, 5.74) is 1.14. The van der Waals surface area contributed by atoms with E-state index in [9.17, 15) is 9.59 Å². The molecule has 4 rings (SSSR count). The van der Waals surface area contributed by atoms with Gasteiger partial charge >= 0.3 is 0 Å². The summed E-state index contributed by atoms with van der Waals surface area (Å²) in [6.45, 7) is 4.23. The molecule has 6 nitrogen and oxygen atoms in total. The van der Waals surface area contributed by atoms with E-state index in [2.05, 4.69) is 27.8 Å². The molecule has 0 radical (unpaired) electrons. The quantitative estimate of drug-likeness (QED) is 0.183. The van der Waals surface area contributed by atoms with E-state index in [-0.39, 0.29) is 59.5 Å². The number of rotatable bonds is 7. The van der Waals surface area contributed by atoms with Gasteiger partial charge in [0.05, 0.1) is 11.8 Å². The van der Waals surface area contributed by atoms with Crippen LogP contribution in [0.25, 0.3) is 0 Å². The number of aliphatic imine (C=N–C) groups is 1. The van der Waals surface area contributed by atoms with E-state index < -0.39 is 0 Å². The first-order chi connectivity index (χ1) is 14.1. The second-order valence-corrected chi connectivity index (χ2v) is 8.33. The highest BCUT2D eigenvalue weighted by atomic mass is 127. The van der Waals surface area contributed by atoms with E-state index >= 15 is 0 Å². The number of guanidine groups is 1. The molecule has 2 amide bonds. The number of carbonyl (C=O) groups excluding carboxylic acids is 2. The van der Waals surface area contributed by atoms with Crippen LogP contribution in [0, 0.1) is 23.7 Å². The molecule has 0 spiro atoms. The molecule has 1 aliphatic heterocycles. The summed E-state index contributed by atoms with van der Waals surface area (Å²) in [5.74, 6) is 0.947. The summed E-state index contributed by atoms with van der Waals surface area (Å²) in [4.78, 5) is 31.5. The lowest BCUT2D eigenvalue weighted by molar-refractivity contribution is -0.140. The van der Waals surface area contributed by atoms with Gasteiger partial charge in [-0.1, -0.05) is 35.9 Å². The van der Waals surface area contributed by atoms with Crippen LogP contribution in [0.2, 0.25) is 5.02 Å². The van der Waals surface area contributed by atoms with Crippen LogP contribution in [0.3, 0.4) is 0 Å². The van der Waals surface area contributed by atoms with Crippen molar-refractivity contribution in [3.05, 3.63) is 47.0 Å². The van der Waals surface area contributed by atoms with E-state index in [1.807, 2.05) is 31.2 Å². The molecule has 1 saturated carbocycles. The lowest BCUT2D eigenvalue weighted by Gasteiger charge is -2.18. The molecule has 8 heteroatoms. The van der Waals surface area contributed by atoms with Crippen molar-refractivity contribution >= 4 is 53.4 Å². The maximum Gasteiger partial charge on any atom is 0.233 e. The molecule has 1 heterocycles. The van der Waals surface area contributed by atoms with Crippen molar-refractivity contribution in [2.75, 3.05) is 26.2 Å². The molecule has 2 N–H and O–H groups in total. The van der Waals surface area contributed by atoms with E-state index in [0.717, 1.165) is 30.0 Å². The fourth-order valence-electron chi connectivity index (χ4n) is 4.80. The number of fused-ring (bicyclic) bond motifs is 5. The molecule has 4 atom stereocenters. The number of nitrogens with zero attached hydrogens (tertiary/aromatic N) is 2. The number of imide groups is 1. The second-order valence-electron chi connectivity index (χ2n) is 7.90. The monoisotopic (exact) mass is 542 g/mol. The Morgan fingerprint density at radius 1 is 1.17 bits per heavy atom. The molecule has 0 aromatic heterocycles. The molecule has 3 aliphatic rings. The Hall–Kier alpha value is -1.61. The maximum absolute atomic E-state index is 12.7. The van der Waals surface area contributed by atoms with Gasteiger partial charge in [0.15, 0.2) is 5.96 Å². The van der Waals surface area contributed by atoms with Gasteiger partial charge in [-0.05, 0) is 49.3 Å². The van der Waals surface area contributed by atoms with Crippen LogP contribution in [0.5, 0.6) is 0 Å². The smallest absolute Gasteiger partial charge is 0.233 e. The van der Waals surface area contributed by atoms with Gasteiger partial charge in [-0.25, -0.2) is 0 Å².